The molecule has 228 valence electrons. The van der Waals surface area contributed by atoms with Crippen molar-refractivity contribution in [3.05, 3.63) is 60.2 Å². The summed E-state index contributed by atoms with van der Waals surface area (Å²) in [7, 11) is -2.62. The van der Waals surface area contributed by atoms with E-state index in [4.69, 9.17) is 4.74 Å². The molecule has 0 bridgehead atoms. The maximum Gasteiger partial charge on any atom is 0.248 e. The number of amides is 2. The van der Waals surface area contributed by atoms with Gasteiger partial charge in [0.05, 0.1) is 18.0 Å². The monoisotopic (exact) mass is 598 g/mol. The number of carbonyl (C=O) groups excluding carboxylic acids is 2. The molecule has 2 amide bonds. The van der Waals surface area contributed by atoms with Gasteiger partial charge in [-0.3, -0.25) is 14.9 Å². The average molecular weight is 599 g/mol. The largest absolute Gasteiger partial charge is 0.497 e. The first-order chi connectivity index (χ1) is 20.0. The summed E-state index contributed by atoms with van der Waals surface area (Å²) in [6.07, 6.45) is 2.07. The molecule has 1 fully saturated rings. The Bertz CT molecular complexity index is 1330. The van der Waals surface area contributed by atoms with E-state index in [1.54, 1.807) is 12.1 Å². The number of aliphatic hydroxyl groups is 1. The van der Waals surface area contributed by atoms with Crippen molar-refractivity contribution in [1.29, 1.82) is 0 Å². The minimum atomic E-state index is -4.13. The molecule has 4 N–H and O–H groups in total. The van der Waals surface area contributed by atoms with E-state index in [-0.39, 0.29) is 67.4 Å². The highest BCUT2D eigenvalue weighted by Gasteiger charge is 2.43. The molecule has 11 heteroatoms. The summed E-state index contributed by atoms with van der Waals surface area (Å²) in [5, 5.41) is 20.5. The summed E-state index contributed by atoms with van der Waals surface area (Å²) in [6, 6.07) is 17.6. The number of carbonyl (C=O) groups is 2. The van der Waals surface area contributed by atoms with Crippen LogP contribution < -0.4 is 20.7 Å². The fourth-order valence-corrected chi connectivity index (χ4v) is 6.58. The molecule has 10 nitrogen and oxygen atoms in total. The topological polar surface area (TPSA) is 137 Å². The van der Waals surface area contributed by atoms with Gasteiger partial charge in [-0.2, -0.15) is 4.31 Å². The Balaban J connectivity index is 1.70. The van der Waals surface area contributed by atoms with Gasteiger partial charge in [0.1, 0.15) is 11.5 Å². The number of rotatable bonds is 14. The lowest BCUT2D eigenvalue weighted by atomic mass is 9.98. The van der Waals surface area contributed by atoms with Crippen LogP contribution in [-0.4, -0.2) is 68.2 Å². The highest BCUT2D eigenvalue weighted by atomic mass is 32.2. The number of hydrogen-bond donors (Lipinski definition) is 4. The van der Waals surface area contributed by atoms with Crippen molar-refractivity contribution in [2.45, 2.75) is 69.0 Å². The van der Waals surface area contributed by atoms with Gasteiger partial charge in [-0.1, -0.05) is 50.1 Å². The van der Waals surface area contributed by atoms with Crippen molar-refractivity contribution >= 4 is 21.8 Å². The second-order valence-corrected chi connectivity index (χ2v) is 12.7. The molecule has 3 rings (SSSR count). The Hall–Kier alpha value is -3.43. The van der Waals surface area contributed by atoms with E-state index in [2.05, 4.69) is 27.9 Å². The van der Waals surface area contributed by atoms with Crippen LogP contribution in [0.3, 0.4) is 0 Å². The number of sulfonamides is 1. The molecule has 0 spiro atoms. The number of benzene rings is 2. The first-order valence-electron chi connectivity index (χ1n) is 14.3. The van der Waals surface area contributed by atoms with Crippen LogP contribution >= 0.6 is 0 Å². The van der Waals surface area contributed by atoms with Crippen LogP contribution in [0, 0.1) is 17.9 Å². The van der Waals surface area contributed by atoms with E-state index < -0.39 is 15.7 Å². The number of ether oxygens (including phenoxy) is 1. The van der Waals surface area contributed by atoms with Crippen LogP contribution in [0.15, 0.2) is 59.5 Å². The van der Waals surface area contributed by atoms with E-state index in [1.165, 1.54) is 19.2 Å². The molecule has 1 saturated heterocycles. The van der Waals surface area contributed by atoms with Crippen molar-refractivity contribution in [1.82, 2.24) is 20.3 Å². The average Bonchev–Trinajstić information content (AvgIpc) is 3.51. The van der Waals surface area contributed by atoms with Crippen LogP contribution in [0.1, 0.15) is 51.5 Å². The number of nitrogens with one attached hydrogen (secondary N) is 3. The van der Waals surface area contributed by atoms with Gasteiger partial charge >= 0.3 is 0 Å². The minimum Gasteiger partial charge on any atom is -0.497 e. The Morgan fingerprint density at radius 3 is 2.50 bits per heavy atom. The minimum absolute atomic E-state index is 0.0346. The fourth-order valence-electron chi connectivity index (χ4n) is 4.75. The van der Waals surface area contributed by atoms with Gasteiger partial charge in [0.15, 0.2) is 0 Å². The Morgan fingerprint density at radius 1 is 1.17 bits per heavy atom. The summed E-state index contributed by atoms with van der Waals surface area (Å²) in [6.45, 7) is 4.70. The second kappa shape index (κ2) is 15.7. The third-order valence-electron chi connectivity index (χ3n) is 6.95. The highest BCUT2D eigenvalue weighted by Crippen LogP contribution is 2.31. The molecule has 0 radical (unpaired) electrons. The normalized spacial score (nSPS) is 16.4. The van der Waals surface area contributed by atoms with Gasteiger partial charge in [-0.25, -0.2) is 8.42 Å². The SMILES string of the molecule is COc1ccc(S(=O)(=O)N(CC(C)C)C(O)(CCNC(=O)CCC#CNC(=O)C2CCCN2)Cc2ccccc2)cc1. The van der Waals surface area contributed by atoms with Crippen LogP contribution in [0.5, 0.6) is 5.75 Å². The first-order valence-corrected chi connectivity index (χ1v) is 15.7. The quantitative estimate of drug-likeness (QED) is 0.149. The van der Waals surface area contributed by atoms with Crippen LogP contribution in [0.2, 0.25) is 0 Å². The lowest BCUT2D eigenvalue weighted by molar-refractivity contribution is -0.122. The van der Waals surface area contributed by atoms with E-state index in [9.17, 15) is 23.1 Å². The molecule has 0 aliphatic carbocycles. The van der Waals surface area contributed by atoms with Crippen molar-refractivity contribution < 1.29 is 27.9 Å². The highest BCUT2D eigenvalue weighted by molar-refractivity contribution is 7.89. The maximum absolute atomic E-state index is 13.9. The zero-order chi connectivity index (χ0) is 30.6. The molecule has 1 aliphatic heterocycles. The van der Waals surface area contributed by atoms with E-state index >= 15 is 0 Å². The zero-order valence-corrected chi connectivity index (χ0v) is 25.4. The third-order valence-corrected chi connectivity index (χ3v) is 8.89. The summed E-state index contributed by atoms with van der Waals surface area (Å²) >= 11 is 0. The summed E-state index contributed by atoms with van der Waals surface area (Å²) < 4.78 is 34.2. The molecular formula is C31H42N4O6S. The molecule has 2 aromatic rings. The Labute approximate surface area is 249 Å². The summed E-state index contributed by atoms with van der Waals surface area (Å²) in [4.78, 5) is 24.5. The lowest BCUT2D eigenvalue weighted by Crippen LogP contribution is -2.55. The smallest absolute Gasteiger partial charge is 0.248 e. The molecule has 1 heterocycles. The van der Waals surface area contributed by atoms with Crippen LogP contribution in [0.25, 0.3) is 0 Å². The summed E-state index contributed by atoms with van der Waals surface area (Å²) in [5.74, 6) is 2.76. The molecule has 0 aromatic heterocycles. The summed E-state index contributed by atoms with van der Waals surface area (Å²) in [5.41, 5.74) is -1.06. The number of methoxy groups -OCH3 is 1. The van der Waals surface area contributed by atoms with Crippen molar-refractivity contribution in [2.24, 2.45) is 5.92 Å². The molecule has 0 saturated carbocycles. The van der Waals surface area contributed by atoms with Gasteiger partial charge in [0.2, 0.25) is 21.8 Å². The predicted octanol–water partition coefficient (Wildman–Crippen LogP) is 2.39. The van der Waals surface area contributed by atoms with Crippen molar-refractivity contribution in [2.75, 3.05) is 26.7 Å². The van der Waals surface area contributed by atoms with Crippen molar-refractivity contribution in [3.63, 3.8) is 0 Å². The lowest BCUT2D eigenvalue weighted by Gasteiger charge is -2.40. The standard InChI is InChI=1S/C31H42N4O6S/c1-24(2)23-35(42(39,40)27-16-14-26(41-3)15-17-27)31(38,22-25-10-5-4-6-11-25)18-21-33-29(36)13-7-8-19-34-30(37)28-12-9-20-32-28/h4-6,10-11,14-17,24,28,32,38H,7,9,12-13,18,20-23H2,1-3H3,(H,33,36)(H,34,37). The zero-order valence-electron chi connectivity index (χ0n) is 24.6. The third kappa shape index (κ3) is 9.56. The Kier molecular flexibility index (Phi) is 12.4. The first kappa shape index (κ1) is 33.1. The van der Waals surface area contributed by atoms with Gasteiger partial charge in [-0.15, -0.1) is 0 Å². The van der Waals surface area contributed by atoms with Crippen LogP contribution in [0.4, 0.5) is 0 Å². The van der Waals surface area contributed by atoms with Crippen LogP contribution in [-0.2, 0) is 26.0 Å². The molecule has 2 unspecified atom stereocenters. The van der Waals surface area contributed by atoms with Gasteiger partial charge in [0, 0.05) is 44.8 Å². The maximum atomic E-state index is 13.9. The Morgan fingerprint density at radius 2 is 1.88 bits per heavy atom. The van der Waals surface area contributed by atoms with E-state index in [1.807, 2.05) is 44.2 Å². The van der Waals surface area contributed by atoms with E-state index in [0.29, 0.717) is 5.75 Å². The van der Waals surface area contributed by atoms with Gasteiger partial charge in [-0.05, 0) is 55.1 Å². The van der Waals surface area contributed by atoms with Crippen molar-refractivity contribution in [3.8, 4) is 17.7 Å². The molecule has 2 aromatic carbocycles. The molecular weight excluding hydrogens is 556 g/mol. The van der Waals surface area contributed by atoms with Gasteiger partial charge < -0.3 is 20.5 Å². The molecule has 2 atom stereocenters. The van der Waals surface area contributed by atoms with Gasteiger partial charge in [0.25, 0.3) is 0 Å². The predicted molar refractivity (Wildman–Crippen MR) is 161 cm³/mol. The van der Waals surface area contributed by atoms with E-state index in [0.717, 1.165) is 29.3 Å². The molecule has 42 heavy (non-hydrogen) atoms. The number of nitrogens with zero attached hydrogens (tertiary/aromatic N) is 1. The second-order valence-electron chi connectivity index (χ2n) is 10.8. The fraction of sp³-hybridized carbons (Fsp3) is 0.484. The molecule has 1 aliphatic rings. The number of hydrogen-bond acceptors (Lipinski definition) is 7.